The number of methoxy groups -OCH3 is 1. The number of halogens is 2. The number of fused-ring (bicyclic) bond motifs is 1. The molecule has 2 aromatic carbocycles. The Morgan fingerprint density at radius 1 is 0.935 bits per heavy atom. The number of hydrogen-bond donors (Lipinski definition) is 4. The number of pyridine rings is 2. The van der Waals surface area contributed by atoms with Gasteiger partial charge in [0.25, 0.3) is 0 Å². The maximum Gasteiger partial charge on any atom is 0.220 e. The minimum absolute atomic E-state index is 0.106. The molecule has 6 rings (SSSR count). The molecule has 2 aliphatic rings. The number of amides is 1. The van der Waals surface area contributed by atoms with Crippen molar-refractivity contribution in [2.24, 2.45) is 0 Å². The molecule has 4 N–H and O–H groups in total. The van der Waals surface area contributed by atoms with Crippen LogP contribution in [0.1, 0.15) is 55.5 Å². The number of nitrogens with zero attached hydrogens (tertiary/aromatic N) is 2. The van der Waals surface area contributed by atoms with Gasteiger partial charge in [-0.15, -0.1) is 0 Å². The molecule has 1 saturated heterocycles. The Hall–Kier alpha value is -3.53. The van der Waals surface area contributed by atoms with Crippen LogP contribution in [-0.2, 0) is 17.8 Å². The van der Waals surface area contributed by atoms with Crippen molar-refractivity contribution in [1.82, 2.24) is 25.9 Å². The number of aliphatic hydroxyl groups excluding tert-OH is 1. The lowest BCUT2D eigenvalue weighted by molar-refractivity contribution is -0.119. The van der Waals surface area contributed by atoms with E-state index in [4.69, 9.17) is 37.9 Å². The van der Waals surface area contributed by atoms with Gasteiger partial charge in [0.1, 0.15) is 0 Å². The molecule has 46 heavy (non-hydrogen) atoms. The predicted molar refractivity (Wildman–Crippen MR) is 183 cm³/mol. The zero-order chi connectivity index (χ0) is 32.2. The molecule has 240 valence electrons. The van der Waals surface area contributed by atoms with E-state index in [1.807, 2.05) is 54.6 Å². The van der Waals surface area contributed by atoms with Crippen LogP contribution in [0.25, 0.3) is 33.6 Å². The molecule has 10 heteroatoms. The normalized spacial score (nSPS) is 18.2. The predicted octanol–water partition coefficient (Wildman–Crippen LogP) is 6.51. The molecule has 1 aliphatic carbocycles. The van der Waals surface area contributed by atoms with Crippen molar-refractivity contribution in [3.05, 3.63) is 87.5 Å². The Balaban J connectivity index is 1.25. The Kier molecular flexibility index (Phi) is 10.2. The second-order valence-electron chi connectivity index (χ2n) is 12.1. The van der Waals surface area contributed by atoms with E-state index in [9.17, 15) is 9.90 Å². The number of aromatic nitrogens is 2. The number of aliphatic hydroxyl groups is 1. The zero-order valence-electron chi connectivity index (χ0n) is 26.1. The number of rotatable bonds is 11. The molecule has 4 aromatic rings. The minimum Gasteiger partial charge on any atom is -0.481 e. The second-order valence-corrected chi connectivity index (χ2v) is 12.8. The number of nitrogens with one attached hydrogen (secondary N) is 3. The van der Waals surface area contributed by atoms with Gasteiger partial charge in [0.05, 0.1) is 34.6 Å². The van der Waals surface area contributed by atoms with Gasteiger partial charge in [-0.25, -0.2) is 4.98 Å². The third-order valence-electron chi connectivity index (χ3n) is 8.71. The Morgan fingerprint density at radius 3 is 2.26 bits per heavy atom. The number of benzene rings is 2. The van der Waals surface area contributed by atoms with Crippen LogP contribution in [0.5, 0.6) is 5.88 Å². The van der Waals surface area contributed by atoms with Gasteiger partial charge in [-0.1, -0.05) is 71.7 Å². The summed E-state index contributed by atoms with van der Waals surface area (Å²) in [7, 11) is 1.61. The van der Waals surface area contributed by atoms with Crippen LogP contribution in [0.15, 0.2) is 60.7 Å². The first kappa shape index (κ1) is 32.4. The number of carbonyl (C=O) groups is 1. The van der Waals surface area contributed by atoms with Gasteiger partial charge in [0.2, 0.25) is 11.8 Å². The Bertz CT molecular complexity index is 1730. The van der Waals surface area contributed by atoms with Gasteiger partial charge in [0.15, 0.2) is 0 Å². The van der Waals surface area contributed by atoms with E-state index in [1.54, 1.807) is 14.0 Å². The maximum atomic E-state index is 11.5. The van der Waals surface area contributed by atoms with Crippen LogP contribution in [0.2, 0.25) is 10.0 Å². The van der Waals surface area contributed by atoms with E-state index < -0.39 is 6.10 Å². The third-order valence-corrected chi connectivity index (χ3v) is 9.53. The first-order valence-electron chi connectivity index (χ1n) is 15.9. The van der Waals surface area contributed by atoms with Gasteiger partial charge in [-0.05, 0) is 50.3 Å². The average Bonchev–Trinajstić information content (AvgIpc) is 3.48. The van der Waals surface area contributed by atoms with Crippen LogP contribution in [0.3, 0.4) is 0 Å². The third kappa shape index (κ3) is 7.06. The molecule has 0 radical (unpaired) electrons. The zero-order valence-corrected chi connectivity index (χ0v) is 27.6. The molecular weight excluding hydrogens is 621 g/mol. The molecule has 3 atom stereocenters. The SMILES string of the molecule is COc1nc(-c2cccc(-c3cccc(-c4ccc5c(n4)CCC[C@@H]5NC[C@@H](C)O)c3Cl)c2Cl)ccc1CNC[C@@H]1CCC(=O)N1. The van der Waals surface area contributed by atoms with Crippen molar-refractivity contribution in [2.45, 2.75) is 63.8 Å². The largest absolute Gasteiger partial charge is 0.481 e. The smallest absolute Gasteiger partial charge is 0.220 e. The molecule has 0 unspecified atom stereocenters. The summed E-state index contributed by atoms with van der Waals surface area (Å²) in [5.74, 6) is 0.623. The highest BCUT2D eigenvalue weighted by Gasteiger charge is 2.24. The van der Waals surface area contributed by atoms with Crippen LogP contribution in [0.4, 0.5) is 0 Å². The molecule has 0 saturated carbocycles. The van der Waals surface area contributed by atoms with E-state index in [-0.39, 0.29) is 18.0 Å². The molecule has 8 nitrogen and oxygen atoms in total. The first-order chi connectivity index (χ1) is 22.3. The standard InChI is InChI=1S/C36H39Cl2N5O3/c1-21(44)18-40-29-10-5-11-30-26(29)14-16-31(42-30)27-8-3-6-24(34(27)37)25-7-4-9-28(35(25)38)32-15-12-22(36(43-32)46-2)19-39-20-23-13-17-33(45)41-23/h3-4,6-9,12,14-16,21,23,29,39-40,44H,5,10-11,13,17-20H2,1-2H3,(H,41,45)/t21-,23+,29+/m1/s1. The van der Waals surface area contributed by atoms with Crippen LogP contribution in [-0.4, -0.2) is 53.3 Å². The van der Waals surface area contributed by atoms with Crippen molar-refractivity contribution < 1.29 is 14.6 Å². The van der Waals surface area contributed by atoms with Gasteiger partial charge in [-0.2, -0.15) is 0 Å². The maximum absolute atomic E-state index is 11.5. The summed E-state index contributed by atoms with van der Waals surface area (Å²) in [6, 6.07) is 20.2. The lowest BCUT2D eigenvalue weighted by atomic mass is 9.90. The number of carbonyl (C=O) groups excluding carboxylic acids is 1. The van der Waals surface area contributed by atoms with E-state index in [0.717, 1.165) is 64.9 Å². The van der Waals surface area contributed by atoms with E-state index in [1.165, 1.54) is 5.56 Å². The fourth-order valence-electron chi connectivity index (χ4n) is 6.35. The fraction of sp³-hybridized carbons (Fsp3) is 0.361. The topological polar surface area (TPSA) is 108 Å². The average molecular weight is 661 g/mol. The van der Waals surface area contributed by atoms with Gasteiger partial charge < -0.3 is 25.8 Å². The molecule has 1 aliphatic heterocycles. The summed E-state index contributed by atoms with van der Waals surface area (Å²) in [4.78, 5) is 21.3. The fourth-order valence-corrected chi connectivity index (χ4v) is 7.00. The van der Waals surface area contributed by atoms with Crippen LogP contribution in [0, 0.1) is 0 Å². The summed E-state index contributed by atoms with van der Waals surface area (Å²) < 4.78 is 5.65. The number of hydrogen-bond acceptors (Lipinski definition) is 7. The van der Waals surface area contributed by atoms with Gasteiger partial charge >= 0.3 is 0 Å². The number of aryl methyl sites for hydroxylation is 1. The Labute approximate surface area is 279 Å². The van der Waals surface area contributed by atoms with Gasteiger partial charge in [0, 0.05) is 71.6 Å². The molecule has 1 fully saturated rings. The van der Waals surface area contributed by atoms with Crippen molar-refractivity contribution in [3.8, 4) is 39.5 Å². The Morgan fingerprint density at radius 2 is 1.61 bits per heavy atom. The summed E-state index contributed by atoms with van der Waals surface area (Å²) in [5.41, 5.74) is 7.92. The van der Waals surface area contributed by atoms with E-state index >= 15 is 0 Å². The monoisotopic (exact) mass is 659 g/mol. The highest BCUT2D eigenvalue weighted by Crippen LogP contribution is 2.42. The van der Waals surface area contributed by atoms with Crippen molar-refractivity contribution in [1.29, 1.82) is 0 Å². The van der Waals surface area contributed by atoms with Crippen LogP contribution >= 0.6 is 23.2 Å². The molecule has 0 spiro atoms. The molecule has 0 bridgehead atoms. The summed E-state index contributed by atoms with van der Waals surface area (Å²) >= 11 is 14.2. The quantitative estimate of drug-likeness (QED) is 0.145. The molecule has 3 heterocycles. The van der Waals surface area contributed by atoms with E-state index in [2.05, 4.69) is 22.0 Å². The molecule has 2 aromatic heterocycles. The van der Waals surface area contributed by atoms with E-state index in [0.29, 0.717) is 47.7 Å². The molecular formula is C36H39Cl2N5O3. The summed E-state index contributed by atoms with van der Waals surface area (Å²) in [5, 5.41) is 20.7. The highest BCUT2D eigenvalue weighted by atomic mass is 35.5. The summed E-state index contributed by atoms with van der Waals surface area (Å²) in [6.07, 6.45) is 3.99. The molecule has 1 amide bonds. The lowest BCUT2D eigenvalue weighted by Gasteiger charge is -2.27. The summed E-state index contributed by atoms with van der Waals surface area (Å²) in [6.45, 7) is 3.59. The van der Waals surface area contributed by atoms with Gasteiger partial charge in [-0.3, -0.25) is 9.78 Å². The second kappa shape index (κ2) is 14.5. The van der Waals surface area contributed by atoms with Crippen molar-refractivity contribution in [3.63, 3.8) is 0 Å². The first-order valence-corrected chi connectivity index (χ1v) is 16.6. The van der Waals surface area contributed by atoms with Crippen molar-refractivity contribution >= 4 is 29.1 Å². The highest BCUT2D eigenvalue weighted by molar-refractivity contribution is 6.39. The minimum atomic E-state index is -0.400. The van der Waals surface area contributed by atoms with Crippen molar-refractivity contribution in [2.75, 3.05) is 20.2 Å². The number of ether oxygens (including phenoxy) is 1. The van der Waals surface area contributed by atoms with Crippen LogP contribution < -0.4 is 20.7 Å². The lowest BCUT2D eigenvalue weighted by Crippen LogP contribution is -2.35.